The van der Waals surface area contributed by atoms with Gasteiger partial charge >= 0.3 is 0 Å². The van der Waals surface area contributed by atoms with E-state index in [1.165, 1.54) is 0 Å². The SMILES string of the molecule is CC(C)N1CCN(Cc2ccc(-c3ccccc3Cl)o2)C[C@H]1CCO. The molecule has 1 aromatic carbocycles. The first kappa shape index (κ1) is 18.5. The molecule has 1 N–H and O–H groups in total. The molecule has 1 fully saturated rings. The van der Waals surface area contributed by atoms with Crippen LogP contribution in [0.15, 0.2) is 40.8 Å². The first-order chi connectivity index (χ1) is 12.1. The predicted octanol–water partition coefficient (Wildman–Crippen LogP) is 3.88. The van der Waals surface area contributed by atoms with E-state index in [0.717, 1.165) is 49.7 Å². The zero-order valence-corrected chi connectivity index (χ0v) is 15.7. The summed E-state index contributed by atoms with van der Waals surface area (Å²) in [6.45, 7) is 8.48. The maximum absolute atomic E-state index is 9.37. The van der Waals surface area contributed by atoms with E-state index >= 15 is 0 Å². The number of hydrogen-bond donors (Lipinski definition) is 1. The Morgan fingerprint density at radius 2 is 2.00 bits per heavy atom. The van der Waals surface area contributed by atoms with Crippen LogP contribution in [-0.2, 0) is 6.54 Å². The number of halogens is 1. The van der Waals surface area contributed by atoms with E-state index in [1.807, 2.05) is 36.4 Å². The highest BCUT2D eigenvalue weighted by molar-refractivity contribution is 6.33. The Labute approximate surface area is 155 Å². The van der Waals surface area contributed by atoms with Gasteiger partial charge in [0.2, 0.25) is 0 Å². The summed E-state index contributed by atoms with van der Waals surface area (Å²) >= 11 is 6.26. The van der Waals surface area contributed by atoms with Gasteiger partial charge in [-0.05, 0) is 44.5 Å². The maximum atomic E-state index is 9.37. The van der Waals surface area contributed by atoms with Crippen molar-refractivity contribution < 1.29 is 9.52 Å². The highest BCUT2D eigenvalue weighted by Gasteiger charge is 2.28. The molecule has 136 valence electrons. The minimum absolute atomic E-state index is 0.235. The quantitative estimate of drug-likeness (QED) is 0.846. The van der Waals surface area contributed by atoms with Gasteiger partial charge in [0.1, 0.15) is 11.5 Å². The Balaban J connectivity index is 1.66. The molecule has 1 saturated heterocycles. The molecule has 25 heavy (non-hydrogen) atoms. The van der Waals surface area contributed by atoms with E-state index in [-0.39, 0.29) is 6.61 Å². The molecule has 0 bridgehead atoms. The Hall–Kier alpha value is -1.33. The summed E-state index contributed by atoms with van der Waals surface area (Å²) in [6, 6.07) is 12.7. The van der Waals surface area contributed by atoms with Crippen molar-refractivity contribution in [2.45, 2.75) is 38.9 Å². The maximum Gasteiger partial charge on any atom is 0.135 e. The highest BCUT2D eigenvalue weighted by Crippen LogP contribution is 2.29. The van der Waals surface area contributed by atoms with Gasteiger partial charge in [-0.1, -0.05) is 23.7 Å². The van der Waals surface area contributed by atoms with Crippen molar-refractivity contribution in [3.63, 3.8) is 0 Å². The molecule has 0 saturated carbocycles. The van der Waals surface area contributed by atoms with Crippen LogP contribution in [0.25, 0.3) is 11.3 Å². The standard InChI is InChI=1S/C20H27ClN2O2/c1-15(2)23-11-10-22(13-16(23)9-12-24)14-17-7-8-20(25-17)18-5-3-4-6-19(18)21/h3-8,15-16,24H,9-14H2,1-2H3/t16-/m1/s1. The lowest BCUT2D eigenvalue weighted by molar-refractivity contribution is 0.0323. The zero-order valence-electron chi connectivity index (χ0n) is 15.0. The van der Waals surface area contributed by atoms with Crippen molar-refractivity contribution in [2.75, 3.05) is 26.2 Å². The number of rotatable bonds is 6. The number of furan rings is 1. The van der Waals surface area contributed by atoms with Gasteiger partial charge in [0.25, 0.3) is 0 Å². The van der Waals surface area contributed by atoms with Crippen molar-refractivity contribution >= 4 is 11.6 Å². The van der Waals surface area contributed by atoms with Crippen LogP contribution in [0.4, 0.5) is 0 Å². The number of aliphatic hydroxyl groups excluding tert-OH is 1. The topological polar surface area (TPSA) is 39.9 Å². The summed E-state index contributed by atoms with van der Waals surface area (Å²) in [5.74, 6) is 1.77. The summed E-state index contributed by atoms with van der Waals surface area (Å²) in [5.41, 5.74) is 0.929. The second-order valence-corrected chi connectivity index (χ2v) is 7.39. The molecule has 1 aromatic heterocycles. The van der Waals surface area contributed by atoms with Gasteiger partial charge in [0.15, 0.2) is 0 Å². The summed E-state index contributed by atoms with van der Waals surface area (Å²) in [6.07, 6.45) is 0.817. The molecule has 3 rings (SSSR count). The van der Waals surface area contributed by atoms with Gasteiger partial charge in [-0.15, -0.1) is 0 Å². The summed E-state index contributed by atoms with van der Waals surface area (Å²) < 4.78 is 6.03. The second kappa shape index (κ2) is 8.37. The normalized spacial score (nSPS) is 19.6. The fraction of sp³-hybridized carbons (Fsp3) is 0.500. The molecule has 1 aliphatic heterocycles. The molecule has 2 heterocycles. The summed E-state index contributed by atoms with van der Waals surface area (Å²) in [4.78, 5) is 4.90. The molecule has 2 aromatic rings. The average Bonchev–Trinajstić information content (AvgIpc) is 3.04. The molecular formula is C20H27ClN2O2. The van der Waals surface area contributed by atoms with Gasteiger partial charge in [-0.3, -0.25) is 9.80 Å². The van der Waals surface area contributed by atoms with Crippen LogP contribution in [0.3, 0.4) is 0 Å². The van der Waals surface area contributed by atoms with Crippen LogP contribution in [0.2, 0.25) is 5.02 Å². The van der Waals surface area contributed by atoms with E-state index in [4.69, 9.17) is 16.0 Å². The number of piperazine rings is 1. The van der Waals surface area contributed by atoms with E-state index in [1.54, 1.807) is 0 Å². The van der Waals surface area contributed by atoms with Crippen LogP contribution < -0.4 is 0 Å². The molecule has 5 heteroatoms. The lowest BCUT2D eigenvalue weighted by Gasteiger charge is -2.43. The van der Waals surface area contributed by atoms with Crippen LogP contribution >= 0.6 is 11.6 Å². The van der Waals surface area contributed by atoms with Crippen LogP contribution in [0.5, 0.6) is 0 Å². The Bertz CT molecular complexity index is 686. The zero-order chi connectivity index (χ0) is 17.8. The fourth-order valence-electron chi connectivity index (χ4n) is 3.65. The third kappa shape index (κ3) is 4.45. The second-order valence-electron chi connectivity index (χ2n) is 6.98. The van der Waals surface area contributed by atoms with Crippen LogP contribution in [0, 0.1) is 0 Å². The predicted molar refractivity (Wildman–Crippen MR) is 102 cm³/mol. The molecule has 1 atom stereocenters. The highest BCUT2D eigenvalue weighted by atomic mass is 35.5. The molecular weight excluding hydrogens is 336 g/mol. The molecule has 1 aliphatic rings. The van der Waals surface area contributed by atoms with Gasteiger partial charge in [-0.2, -0.15) is 0 Å². The van der Waals surface area contributed by atoms with Crippen molar-refractivity contribution in [3.8, 4) is 11.3 Å². The third-order valence-corrected chi connectivity index (χ3v) is 5.25. The molecule has 0 radical (unpaired) electrons. The summed E-state index contributed by atoms with van der Waals surface area (Å²) in [7, 11) is 0. The Morgan fingerprint density at radius 1 is 1.20 bits per heavy atom. The van der Waals surface area contributed by atoms with Gasteiger partial charge < -0.3 is 9.52 Å². The monoisotopic (exact) mass is 362 g/mol. The Kier molecular flexibility index (Phi) is 6.18. The number of hydrogen-bond acceptors (Lipinski definition) is 4. The van der Waals surface area contributed by atoms with E-state index in [9.17, 15) is 5.11 Å². The van der Waals surface area contributed by atoms with Crippen molar-refractivity contribution in [3.05, 3.63) is 47.2 Å². The van der Waals surface area contributed by atoms with E-state index < -0.39 is 0 Å². The van der Waals surface area contributed by atoms with Crippen molar-refractivity contribution in [2.24, 2.45) is 0 Å². The average molecular weight is 363 g/mol. The lowest BCUT2D eigenvalue weighted by atomic mass is 10.1. The largest absolute Gasteiger partial charge is 0.460 e. The van der Waals surface area contributed by atoms with Gasteiger partial charge in [0, 0.05) is 43.9 Å². The van der Waals surface area contributed by atoms with Crippen LogP contribution in [-0.4, -0.2) is 53.2 Å². The first-order valence-electron chi connectivity index (χ1n) is 9.01. The first-order valence-corrected chi connectivity index (χ1v) is 9.39. The fourth-order valence-corrected chi connectivity index (χ4v) is 3.88. The van der Waals surface area contributed by atoms with Crippen molar-refractivity contribution in [1.82, 2.24) is 9.80 Å². The van der Waals surface area contributed by atoms with Crippen LogP contribution in [0.1, 0.15) is 26.0 Å². The molecule has 4 nitrogen and oxygen atoms in total. The Morgan fingerprint density at radius 3 is 2.72 bits per heavy atom. The van der Waals surface area contributed by atoms with E-state index in [0.29, 0.717) is 17.1 Å². The molecule has 0 unspecified atom stereocenters. The third-order valence-electron chi connectivity index (χ3n) is 4.92. The minimum Gasteiger partial charge on any atom is -0.460 e. The minimum atomic E-state index is 0.235. The molecule has 0 spiro atoms. The van der Waals surface area contributed by atoms with Gasteiger partial charge in [-0.25, -0.2) is 0 Å². The number of nitrogens with zero attached hydrogens (tertiary/aromatic N) is 2. The van der Waals surface area contributed by atoms with Crippen molar-refractivity contribution in [1.29, 1.82) is 0 Å². The van der Waals surface area contributed by atoms with Gasteiger partial charge in [0.05, 0.1) is 11.6 Å². The molecule has 0 amide bonds. The number of aliphatic hydroxyl groups is 1. The lowest BCUT2D eigenvalue weighted by Crippen LogP contribution is -2.55. The van der Waals surface area contributed by atoms with E-state index in [2.05, 4.69) is 23.6 Å². The summed E-state index contributed by atoms with van der Waals surface area (Å²) in [5, 5.41) is 10.1. The molecule has 0 aliphatic carbocycles. The smallest absolute Gasteiger partial charge is 0.135 e. The number of benzene rings is 1.